The predicted molar refractivity (Wildman–Crippen MR) is 77.5 cm³/mol. The maximum atomic E-state index is 12.6. The second kappa shape index (κ2) is 6.70. The van der Waals surface area contributed by atoms with Crippen LogP contribution in [0.1, 0.15) is 49.5 Å². The van der Waals surface area contributed by atoms with Crippen molar-refractivity contribution in [3.8, 4) is 5.75 Å². The van der Waals surface area contributed by atoms with E-state index in [2.05, 4.69) is 4.98 Å². The number of carbonyl (C=O) groups excluding carboxylic acids is 1. The summed E-state index contributed by atoms with van der Waals surface area (Å²) in [5, 5.41) is 9.81. The first-order valence-electron chi connectivity index (χ1n) is 7.34. The van der Waals surface area contributed by atoms with Gasteiger partial charge in [0.2, 0.25) is 0 Å². The summed E-state index contributed by atoms with van der Waals surface area (Å²) in [5.74, 6) is -0.225. The molecule has 0 aliphatic heterocycles. The monoisotopic (exact) mass is 277 g/mol. The number of carbonyl (C=O) groups is 1. The Morgan fingerprint density at radius 1 is 1.45 bits per heavy atom. The van der Waals surface area contributed by atoms with E-state index in [0.717, 1.165) is 32.1 Å². The molecule has 1 amide bonds. The Balaban J connectivity index is 2.16. The molecule has 0 radical (unpaired) electrons. The summed E-state index contributed by atoms with van der Waals surface area (Å²) in [5.41, 5.74) is 6.08. The summed E-state index contributed by atoms with van der Waals surface area (Å²) in [7, 11) is 0. The Bertz CT molecular complexity index is 456. The Hall–Kier alpha value is -1.62. The van der Waals surface area contributed by atoms with Gasteiger partial charge >= 0.3 is 0 Å². The molecule has 0 aromatic carbocycles. The van der Waals surface area contributed by atoms with Gasteiger partial charge < -0.3 is 15.7 Å². The van der Waals surface area contributed by atoms with E-state index in [4.69, 9.17) is 5.73 Å². The number of pyridine rings is 1. The van der Waals surface area contributed by atoms with E-state index in [-0.39, 0.29) is 29.4 Å². The lowest BCUT2D eigenvalue weighted by atomic mass is 9.90. The highest BCUT2D eigenvalue weighted by Gasteiger charge is 2.29. The highest BCUT2D eigenvalue weighted by Crippen LogP contribution is 2.25. The van der Waals surface area contributed by atoms with Crippen LogP contribution in [0.2, 0.25) is 0 Å². The van der Waals surface area contributed by atoms with Crippen molar-refractivity contribution >= 4 is 5.91 Å². The number of aromatic hydroxyl groups is 1. The van der Waals surface area contributed by atoms with Gasteiger partial charge in [-0.3, -0.25) is 4.79 Å². The third-order valence-corrected chi connectivity index (χ3v) is 3.90. The van der Waals surface area contributed by atoms with Gasteiger partial charge in [0, 0.05) is 24.8 Å². The first-order chi connectivity index (χ1) is 9.63. The summed E-state index contributed by atoms with van der Waals surface area (Å²) >= 11 is 0. The molecular formula is C15H23N3O2. The molecule has 1 aliphatic carbocycles. The standard InChI is InChI=1S/C15H23N3O2/c1-2-10-18(12-7-5-11(16)6-8-12)15(20)14-13(19)4-3-9-17-14/h3-4,9,11-12,19H,2,5-8,10,16H2,1H3. The summed E-state index contributed by atoms with van der Waals surface area (Å²) in [6.45, 7) is 2.74. The van der Waals surface area contributed by atoms with Gasteiger partial charge in [-0.1, -0.05) is 6.92 Å². The molecule has 0 bridgehead atoms. The van der Waals surface area contributed by atoms with Crippen molar-refractivity contribution in [1.29, 1.82) is 0 Å². The van der Waals surface area contributed by atoms with Crippen LogP contribution in [-0.4, -0.2) is 39.5 Å². The van der Waals surface area contributed by atoms with Crippen LogP contribution in [0.3, 0.4) is 0 Å². The van der Waals surface area contributed by atoms with Crippen LogP contribution in [0.4, 0.5) is 0 Å². The normalized spacial score (nSPS) is 22.5. The number of amides is 1. The quantitative estimate of drug-likeness (QED) is 0.881. The van der Waals surface area contributed by atoms with Crippen LogP contribution < -0.4 is 5.73 Å². The van der Waals surface area contributed by atoms with Gasteiger partial charge in [0.05, 0.1) is 0 Å². The molecule has 1 aliphatic rings. The van der Waals surface area contributed by atoms with Crippen molar-refractivity contribution < 1.29 is 9.90 Å². The SMILES string of the molecule is CCCN(C(=O)c1ncccc1O)C1CCC(N)CC1. The molecule has 0 spiro atoms. The third-order valence-electron chi connectivity index (χ3n) is 3.90. The van der Waals surface area contributed by atoms with Crippen LogP contribution in [0.5, 0.6) is 5.75 Å². The highest BCUT2D eigenvalue weighted by molar-refractivity contribution is 5.95. The lowest BCUT2D eigenvalue weighted by Gasteiger charge is -2.36. The van der Waals surface area contributed by atoms with E-state index in [1.165, 1.54) is 12.3 Å². The number of hydrogen-bond donors (Lipinski definition) is 2. The number of aromatic nitrogens is 1. The molecule has 1 fully saturated rings. The molecule has 5 nitrogen and oxygen atoms in total. The van der Waals surface area contributed by atoms with Crippen LogP contribution in [0.15, 0.2) is 18.3 Å². The second-order valence-electron chi connectivity index (χ2n) is 5.44. The third kappa shape index (κ3) is 3.28. The fraction of sp³-hybridized carbons (Fsp3) is 0.600. The van der Waals surface area contributed by atoms with Gasteiger partial charge in [0.25, 0.3) is 5.91 Å². The van der Waals surface area contributed by atoms with Gasteiger partial charge in [-0.15, -0.1) is 0 Å². The fourth-order valence-electron chi connectivity index (χ4n) is 2.80. The molecule has 110 valence electrons. The Kier molecular flexibility index (Phi) is 4.95. The molecule has 5 heteroatoms. The minimum atomic E-state index is -0.176. The average Bonchev–Trinajstić information content (AvgIpc) is 2.46. The molecule has 0 unspecified atom stereocenters. The zero-order valence-electron chi connectivity index (χ0n) is 12.0. The molecule has 2 rings (SSSR count). The molecule has 0 saturated heterocycles. The van der Waals surface area contributed by atoms with E-state index < -0.39 is 0 Å². The van der Waals surface area contributed by atoms with Gasteiger partial charge in [-0.05, 0) is 44.2 Å². The first-order valence-corrected chi connectivity index (χ1v) is 7.34. The smallest absolute Gasteiger partial charge is 0.276 e. The van der Waals surface area contributed by atoms with E-state index >= 15 is 0 Å². The van der Waals surface area contributed by atoms with Gasteiger partial charge in [-0.25, -0.2) is 4.98 Å². The van der Waals surface area contributed by atoms with Crippen LogP contribution in [0.25, 0.3) is 0 Å². The Morgan fingerprint density at radius 3 is 2.75 bits per heavy atom. The van der Waals surface area contributed by atoms with Crippen molar-refractivity contribution in [2.45, 2.75) is 51.1 Å². The number of nitrogens with zero attached hydrogens (tertiary/aromatic N) is 2. The van der Waals surface area contributed by atoms with Gasteiger partial charge in [0.1, 0.15) is 5.75 Å². The fourth-order valence-corrected chi connectivity index (χ4v) is 2.80. The molecule has 1 aromatic rings. The first kappa shape index (κ1) is 14.8. The van der Waals surface area contributed by atoms with Crippen molar-refractivity contribution in [1.82, 2.24) is 9.88 Å². The number of nitrogens with two attached hydrogens (primary N) is 1. The highest BCUT2D eigenvalue weighted by atomic mass is 16.3. The summed E-state index contributed by atoms with van der Waals surface area (Å²) in [6, 6.07) is 3.59. The molecule has 3 N–H and O–H groups in total. The summed E-state index contributed by atoms with van der Waals surface area (Å²) in [6.07, 6.45) is 6.19. The maximum absolute atomic E-state index is 12.6. The molecule has 1 aromatic heterocycles. The van der Waals surface area contributed by atoms with E-state index in [1.54, 1.807) is 6.07 Å². The van der Waals surface area contributed by atoms with Crippen molar-refractivity contribution in [2.24, 2.45) is 5.73 Å². The number of hydrogen-bond acceptors (Lipinski definition) is 4. The minimum absolute atomic E-state index is 0.0499. The summed E-state index contributed by atoms with van der Waals surface area (Å²) < 4.78 is 0. The molecular weight excluding hydrogens is 254 g/mol. The minimum Gasteiger partial charge on any atom is -0.505 e. The predicted octanol–water partition coefficient (Wildman–Crippen LogP) is 1.91. The van der Waals surface area contributed by atoms with E-state index in [0.29, 0.717) is 6.54 Å². The molecule has 1 heterocycles. The summed E-state index contributed by atoms with van der Waals surface area (Å²) in [4.78, 5) is 18.5. The van der Waals surface area contributed by atoms with Crippen molar-refractivity contribution in [2.75, 3.05) is 6.54 Å². The van der Waals surface area contributed by atoms with E-state index in [1.807, 2.05) is 11.8 Å². The number of rotatable bonds is 4. The maximum Gasteiger partial charge on any atom is 0.276 e. The molecule has 0 atom stereocenters. The lowest BCUT2D eigenvalue weighted by molar-refractivity contribution is 0.0617. The Morgan fingerprint density at radius 2 is 2.15 bits per heavy atom. The van der Waals surface area contributed by atoms with Crippen molar-refractivity contribution in [3.05, 3.63) is 24.0 Å². The zero-order valence-corrected chi connectivity index (χ0v) is 12.0. The van der Waals surface area contributed by atoms with Crippen LogP contribution >= 0.6 is 0 Å². The average molecular weight is 277 g/mol. The van der Waals surface area contributed by atoms with Gasteiger partial charge in [0.15, 0.2) is 5.69 Å². The molecule has 1 saturated carbocycles. The van der Waals surface area contributed by atoms with Crippen molar-refractivity contribution in [3.63, 3.8) is 0 Å². The Labute approximate surface area is 119 Å². The van der Waals surface area contributed by atoms with Crippen LogP contribution in [-0.2, 0) is 0 Å². The zero-order chi connectivity index (χ0) is 14.5. The van der Waals surface area contributed by atoms with Gasteiger partial charge in [-0.2, -0.15) is 0 Å². The topological polar surface area (TPSA) is 79.5 Å². The molecule has 20 heavy (non-hydrogen) atoms. The van der Waals surface area contributed by atoms with Crippen LogP contribution in [0, 0.1) is 0 Å². The second-order valence-corrected chi connectivity index (χ2v) is 5.44. The largest absolute Gasteiger partial charge is 0.505 e. The lowest BCUT2D eigenvalue weighted by Crippen LogP contribution is -2.44. The van der Waals surface area contributed by atoms with E-state index in [9.17, 15) is 9.90 Å².